The fourth-order valence-corrected chi connectivity index (χ4v) is 0.867. The number of nitrogens with zero attached hydrogens (tertiary/aromatic N) is 2. The van der Waals surface area contributed by atoms with Gasteiger partial charge < -0.3 is 0 Å². The second-order valence-corrected chi connectivity index (χ2v) is 2.47. The summed E-state index contributed by atoms with van der Waals surface area (Å²) in [4.78, 5) is 0. The molecule has 0 aromatic carbocycles. The average Bonchev–Trinajstić information content (AvgIpc) is 2.10. The van der Waals surface area contributed by atoms with Crippen LogP contribution in [0.5, 0.6) is 0 Å². The number of nitriles is 2. The van der Waals surface area contributed by atoms with Crippen LogP contribution in [-0.4, -0.2) is 0 Å². The lowest BCUT2D eigenvalue weighted by Crippen LogP contribution is -1.92. The third kappa shape index (κ3) is 5.26. The summed E-state index contributed by atoms with van der Waals surface area (Å²) >= 11 is 0. The van der Waals surface area contributed by atoms with E-state index >= 15 is 0 Å². The Kier molecular flexibility index (Phi) is 6.59. The van der Waals surface area contributed by atoms with Gasteiger partial charge in [0.25, 0.3) is 0 Å². The standard InChI is InChI=1S/C10H12N2/c1-2-10(7-9-12)6-4-3-5-8-11/h2-3,5,10H,1,4,6-7H2. The molecule has 0 aliphatic rings. The molecule has 0 N–H and O–H groups in total. The van der Waals surface area contributed by atoms with Gasteiger partial charge in [0.2, 0.25) is 0 Å². The van der Waals surface area contributed by atoms with Crippen molar-refractivity contribution < 1.29 is 0 Å². The van der Waals surface area contributed by atoms with E-state index in [9.17, 15) is 0 Å². The second kappa shape index (κ2) is 7.57. The lowest BCUT2D eigenvalue weighted by molar-refractivity contribution is 0.613. The average molecular weight is 160 g/mol. The topological polar surface area (TPSA) is 47.6 Å². The lowest BCUT2D eigenvalue weighted by Gasteiger charge is -2.03. The minimum absolute atomic E-state index is 0.262. The van der Waals surface area contributed by atoms with Crippen molar-refractivity contribution in [1.82, 2.24) is 0 Å². The molecule has 0 saturated carbocycles. The third-order valence-electron chi connectivity index (χ3n) is 1.58. The summed E-state index contributed by atoms with van der Waals surface area (Å²) in [6.07, 6.45) is 7.33. The van der Waals surface area contributed by atoms with Crippen LogP contribution in [0.1, 0.15) is 19.3 Å². The summed E-state index contributed by atoms with van der Waals surface area (Å²) in [5.74, 6) is 0.262. The zero-order valence-corrected chi connectivity index (χ0v) is 7.03. The van der Waals surface area contributed by atoms with Gasteiger partial charge in [0.05, 0.1) is 12.1 Å². The normalized spacial score (nSPS) is 11.8. The van der Waals surface area contributed by atoms with Crippen molar-refractivity contribution in [3.63, 3.8) is 0 Å². The van der Waals surface area contributed by atoms with Gasteiger partial charge in [0, 0.05) is 12.5 Å². The van der Waals surface area contributed by atoms with Gasteiger partial charge in [-0.1, -0.05) is 12.2 Å². The predicted molar refractivity (Wildman–Crippen MR) is 47.9 cm³/mol. The van der Waals surface area contributed by atoms with Crippen LogP contribution in [0.15, 0.2) is 24.8 Å². The van der Waals surface area contributed by atoms with Gasteiger partial charge in [0.1, 0.15) is 0 Å². The minimum Gasteiger partial charge on any atom is -0.198 e. The second-order valence-electron chi connectivity index (χ2n) is 2.47. The number of hydrogen-bond acceptors (Lipinski definition) is 2. The third-order valence-corrected chi connectivity index (χ3v) is 1.58. The minimum atomic E-state index is 0.262. The van der Waals surface area contributed by atoms with Gasteiger partial charge in [-0.15, -0.1) is 6.58 Å². The van der Waals surface area contributed by atoms with Crippen molar-refractivity contribution in [2.24, 2.45) is 5.92 Å². The summed E-state index contributed by atoms with van der Waals surface area (Å²) in [5.41, 5.74) is 0. The monoisotopic (exact) mass is 160 g/mol. The van der Waals surface area contributed by atoms with Crippen molar-refractivity contribution >= 4 is 0 Å². The molecule has 0 heterocycles. The molecule has 0 rings (SSSR count). The molecule has 62 valence electrons. The molecule has 0 spiro atoms. The first-order chi connectivity index (χ1) is 5.85. The summed E-state index contributed by atoms with van der Waals surface area (Å²) in [6, 6.07) is 4.02. The fourth-order valence-electron chi connectivity index (χ4n) is 0.867. The van der Waals surface area contributed by atoms with Gasteiger partial charge >= 0.3 is 0 Å². The van der Waals surface area contributed by atoms with Gasteiger partial charge in [-0.3, -0.25) is 0 Å². The summed E-state index contributed by atoms with van der Waals surface area (Å²) in [6.45, 7) is 3.64. The molecule has 0 amide bonds. The Morgan fingerprint density at radius 3 is 2.67 bits per heavy atom. The van der Waals surface area contributed by atoms with Gasteiger partial charge in [0.15, 0.2) is 0 Å². The molecule has 2 nitrogen and oxygen atoms in total. The quantitative estimate of drug-likeness (QED) is 0.458. The molecule has 0 fully saturated rings. The molecule has 1 atom stereocenters. The number of hydrogen-bond donors (Lipinski definition) is 0. The smallest absolute Gasteiger partial charge is 0.0908 e. The number of rotatable bonds is 5. The zero-order valence-electron chi connectivity index (χ0n) is 7.03. The predicted octanol–water partition coefficient (Wildman–Crippen LogP) is 2.56. The van der Waals surface area contributed by atoms with Crippen LogP contribution in [-0.2, 0) is 0 Å². The van der Waals surface area contributed by atoms with Crippen LogP contribution in [0.4, 0.5) is 0 Å². The Morgan fingerprint density at radius 1 is 1.42 bits per heavy atom. The van der Waals surface area contributed by atoms with Crippen LogP contribution in [0.2, 0.25) is 0 Å². The van der Waals surface area contributed by atoms with E-state index in [-0.39, 0.29) is 5.92 Å². The summed E-state index contributed by atoms with van der Waals surface area (Å²) in [7, 11) is 0. The lowest BCUT2D eigenvalue weighted by atomic mass is 10.0. The Labute approximate surface area is 73.4 Å². The molecule has 0 bridgehead atoms. The molecule has 12 heavy (non-hydrogen) atoms. The first-order valence-corrected chi connectivity index (χ1v) is 3.89. The van der Waals surface area contributed by atoms with Crippen molar-refractivity contribution in [3.8, 4) is 12.1 Å². The largest absolute Gasteiger partial charge is 0.198 e. The maximum atomic E-state index is 8.40. The highest BCUT2D eigenvalue weighted by Crippen LogP contribution is 2.11. The van der Waals surface area contributed by atoms with Crippen LogP contribution in [0.3, 0.4) is 0 Å². The van der Waals surface area contributed by atoms with Gasteiger partial charge in [-0.25, -0.2) is 0 Å². The van der Waals surface area contributed by atoms with E-state index in [1.54, 1.807) is 6.08 Å². The van der Waals surface area contributed by atoms with E-state index in [2.05, 4.69) is 12.6 Å². The Hall–Kier alpha value is -1.54. The Balaban J connectivity index is 3.61. The molecule has 0 saturated heterocycles. The molecule has 0 aliphatic carbocycles. The van der Waals surface area contributed by atoms with E-state index in [0.29, 0.717) is 6.42 Å². The molecule has 0 aliphatic heterocycles. The molecule has 2 heteroatoms. The van der Waals surface area contributed by atoms with Crippen LogP contribution < -0.4 is 0 Å². The van der Waals surface area contributed by atoms with Crippen molar-refractivity contribution in [3.05, 3.63) is 24.8 Å². The van der Waals surface area contributed by atoms with Crippen LogP contribution in [0, 0.1) is 28.6 Å². The van der Waals surface area contributed by atoms with Crippen molar-refractivity contribution in [2.45, 2.75) is 19.3 Å². The number of allylic oxidation sites excluding steroid dienone is 3. The van der Waals surface area contributed by atoms with E-state index in [1.807, 2.05) is 12.1 Å². The molecule has 0 aromatic heterocycles. The van der Waals surface area contributed by atoms with Gasteiger partial charge in [-0.05, 0) is 18.8 Å². The molecule has 0 aromatic rings. The van der Waals surface area contributed by atoms with E-state index in [0.717, 1.165) is 12.8 Å². The fraction of sp³-hybridized carbons (Fsp3) is 0.400. The maximum Gasteiger partial charge on any atom is 0.0908 e. The SMILES string of the molecule is C=CC(CC#N)CCC=CC#N. The first-order valence-electron chi connectivity index (χ1n) is 3.89. The van der Waals surface area contributed by atoms with E-state index in [1.165, 1.54) is 6.08 Å². The molecule has 0 radical (unpaired) electrons. The van der Waals surface area contributed by atoms with Crippen LogP contribution >= 0.6 is 0 Å². The highest BCUT2D eigenvalue weighted by molar-refractivity contribution is 5.02. The van der Waals surface area contributed by atoms with Gasteiger partial charge in [-0.2, -0.15) is 10.5 Å². The maximum absolute atomic E-state index is 8.40. The van der Waals surface area contributed by atoms with E-state index < -0.39 is 0 Å². The summed E-state index contributed by atoms with van der Waals surface area (Å²) < 4.78 is 0. The van der Waals surface area contributed by atoms with Crippen molar-refractivity contribution in [2.75, 3.05) is 0 Å². The highest BCUT2D eigenvalue weighted by atomic mass is 14.2. The van der Waals surface area contributed by atoms with E-state index in [4.69, 9.17) is 10.5 Å². The highest BCUT2D eigenvalue weighted by Gasteiger charge is 2.00. The van der Waals surface area contributed by atoms with Crippen LogP contribution in [0.25, 0.3) is 0 Å². The zero-order chi connectivity index (χ0) is 9.23. The molecule has 1 unspecified atom stereocenters. The Morgan fingerprint density at radius 2 is 2.17 bits per heavy atom. The first kappa shape index (κ1) is 10.5. The Bertz CT molecular complexity index is 227. The van der Waals surface area contributed by atoms with Crippen molar-refractivity contribution in [1.29, 1.82) is 10.5 Å². The summed E-state index contributed by atoms with van der Waals surface area (Å²) in [5, 5.41) is 16.6. The molecular weight excluding hydrogens is 148 g/mol. The molecular formula is C10H12N2.